The van der Waals surface area contributed by atoms with Crippen LogP contribution < -0.4 is 5.32 Å². The maximum atomic E-state index is 13.0. The maximum Gasteiger partial charge on any atom is 0.258 e. The lowest BCUT2D eigenvalue weighted by molar-refractivity contribution is 0.0666. The fraction of sp³-hybridized carbons (Fsp3) is 0.190. The van der Waals surface area contributed by atoms with Gasteiger partial charge in [-0.05, 0) is 47.4 Å². The van der Waals surface area contributed by atoms with E-state index in [2.05, 4.69) is 47.8 Å². The predicted octanol–water partition coefficient (Wildman–Crippen LogP) is 4.57. The van der Waals surface area contributed by atoms with Gasteiger partial charge in [0, 0.05) is 11.7 Å². The van der Waals surface area contributed by atoms with Crippen molar-refractivity contribution in [3.05, 3.63) is 77.9 Å². The molecule has 1 amide bonds. The number of hydrogen-bond acceptors (Lipinski definition) is 2. The van der Waals surface area contributed by atoms with Crippen LogP contribution in [0.4, 0.5) is 5.69 Å². The highest BCUT2D eigenvalue weighted by atomic mass is 16.2. The normalized spacial score (nSPS) is 19.9. The van der Waals surface area contributed by atoms with Gasteiger partial charge in [0.25, 0.3) is 5.91 Å². The molecule has 1 aliphatic heterocycles. The number of benzene rings is 3. The van der Waals surface area contributed by atoms with Gasteiger partial charge in [-0.1, -0.05) is 48.5 Å². The molecule has 0 saturated heterocycles. The van der Waals surface area contributed by atoms with E-state index in [0.717, 1.165) is 29.7 Å². The number of hydrogen-bond donors (Lipinski definition) is 1. The molecule has 0 aromatic heterocycles. The number of fused-ring (bicyclic) bond motifs is 2. The van der Waals surface area contributed by atoms with Gasteiger partial charge in [-0.15, -0.1) is 0 Å². The molecule has 0 bridgehead atoms. The van der Waals surface area contributed by atoms with Crippen LogP contribution in [0.5, 0.6) is 0 Å². The summed E-state index contributed by atoms with van der Waals surface area (Å²) in [6, 6.07) is 23.0. The Morgan fingerprint density at radius 2 is 1.62 bits per heavy atom. The molecule has 2 aliphatic rings. The lowest BCUT2D eigenvalue weighted by atomic mass is 10.0. The van der Waals surface area contributed by atoms with Crippen molar-refractivity contribution in [2.75, 3.05) is 5.32 Å². The second kappa shape index (κ2) is 5.10. The van der Waals surface area contributed by atoms with Gasteiger partial charge in [0.05, 0.1) is 5.56 Å². The molecule has 1 unspecified atom stereocenters. The quantitative estimate of drug-likeness (QED) is 0.751. The van der Waals surface area contributed by atoms with Crippen molar-refractivity contribution in [2.24, 2.45) is 0 Å². The van der Waals surface area contributed by atoms with Crippen LogP contribution in [0.25, 0.3) is 10.8 Å². The summed E-state index contributed by atoms with van der Waals surface area (Å²) in [6.45, 7) is 0. The number of para-hydroxylation sites is 1. The Balaban J connectivity index is 1.63. The van der Waals surface area contributed by atoms with Crippen molar-refractivity contribution in [2.45, 2.75) is 25.0 Å². The first-order chi connectivity index (χ1) is 11.8. The number of carbonyl (C=O) groups excluding carboxylic acids is 1. The van der Waals surface area contributed by atoms with Crippen LogP contribution in [-0.4, -0.2) is 16.8 Å². The number of carbonyl (C=O) groups is 1. The molecular formula is C21H18N2O. The summed E-state index contributed by atoms with van der Waals surface area (Å²) in [4.78, 5) is 15.1. The van der Waals surface area contributed by atoms with Gasteiger partial charge in [-0.2, -0.15) is 0 Å². The molecule has 24 heavy (non-hydrogen) atoms. The second-order valence-electron chi connectivity index (χ2n) is 6.64. The molecule has 0 radical (unpaired) electrons. The molecule has 3 heteroatoms. The topological polar surface area (TPSA) is 32.3 Å². The fourth-order valence-corrected chi connectivity index (χ4v) is 3.62. The van der Waals surface area contributed by atoms with Crippen LogP contribution in [0.3, 0.4) is 0 Å². The van der Waals surface area contributed by atoms with E-state index < -0.39 is 0 Å². The summed E-state index contributed by atoms with van der Waals surface area (Å²) >= 11 is 0. The molecule has 3 aromatic rings. The van der Waals surface area contributed by atoms with E-state index in [1.54, 1.807) is 0 Å². The molecule has 1 saturated carbocycles. The van der Waals surface area contributed by atoms with Crippen molar-refractivity contribution in [3.8, 4) is 0 Å². The molecular weight excluding hydrogens is 296 g/mol. The van der Waals surface area contributed by atoms with Crippen molar-refractivity contribution in [1.82, 2.24) is 4.90 Å². The van der Waals surface area contributed by atoms with Gasteiger partial charge < -0.3 is 10.2 Å². The van der Waals surface area contributed by atoms with Crippen molar-refractivity contribution >= 4 is 22.4 Å². The van der Waals surface area contributed by atoms with E-state index in [1.165, 1.54) is 10.8 Å². The molecule has 5 rings (SSSR count). The van der Waals surface area contributed by atoms with Crippen LogP contribution in [0, 0.1) is 0 Å². The monoisotopic (exact) mass is 314 g/mol. The molecule has 1 aliphatic carbocycles. The van der Waals surface area contributed by atoms with Crippen LogP contribution in [0.2, 0.25) is 0 Å². The van der Waals surface area contributed by atoms with Crippen LogP contribution in [0.15, 0.2) is 66.7 Å². The van der Waals surface area contributed by atoms with E-state index in [1.807, 2.05) is 29.2 Å². The van der Waals surface area contributed by atoms with Gasteiger partial charge >= 0.3 is 0 Å². The van der Waals surface area contributed by atoms with Crippen LogP contribution in [0.1, 0.15) is 34.9 Å². The molecule has 0 spiro atoms. The van der Waals surface area contributed by atoms with Crippen molar-refractivity contribution in [1.29, 1.82) is 0 Å². The Bertz CT molecular complexity index is 945. The highest BCUT2D eigenvalue weighted by molar-refractivity contribution is 6.02. The lowest BCUT2D eigenvalue weighted by Crippen LogP contribution is -2.44. The number of rotatable bonds is 2. The summed E-state index contributed by atoms with van der Waals surface area (Å²) in [5, 5.41) is 6.02. The summed E-state index contributed by atoms with van der Waals surface area (Å²) in [6.07, 6.45) is 2.10. The smallest absolute Gasteiger partial charge is 0.258 e. The standard InChI is InChI=1S/C21H18N2O/c24-21-18-7-3-4-8-19(18)22-20(23(21)17-11-12-17)16-10-9-14-5-1-2-6-15(14)13-16/h1-10,13,17,20,22H,11-12H2. The van der Waals surface area contributed by atoms with Gasteiger partial charge in [0.2, 0.25) is 0 Å². The summed E-state index contributed by atoms with van der Waals surface area (Å²) in [7, 11) is 0. The predicted molar refractivity (Wildman–Crippen MR) is 95.9 cm³/mol. The van der Waals surface area contributed by atoms with Gasteiger partial charge in [0.1, 0.15) is 6.17 Å². The first-order valence-corrected chi connectivity index (χ1v) is 8.48. The highest BCUT2D eigenvalue weighted by Crippen LogP contribution is 2.41. The number of amides is 1. The Kier molecular flexibility index (Phi) is 2.89. The zero-order valence-corrected chi connectivity index (χ0v) is 13.3. The number of anilines is 1. The minimum atomic E-state index is -0.0930. The third-order valence-electron chi connectivity index (χ3n) is 4.99. The Morgan fingerprint density at radius 1 is 0.875 bits per heavy atom. The largest absolute Gasteiger partial charge is 0.361 e. The van der Waals surface area contributed by atoms with Gasteiger partial charge in [-0.3, -0.25) is 4.79 Å². The van der Waals surface area contributed by atoms with Gasteiger partial charge in [-0.25, -0.2) is 0 Å². The molecule has 3 aromatic carbocycles. The first kappa shape index (κ1) is 13.6. The maximum absolute atomic E-state index is 13.0. The lowest BCUT2D eigenvalue weighted by Gasteiger charge is -2.38. The van der Waals surface area contributed by atoms with E-state index in [0.29, 0.717) is 6.04 Å². The van der Waals surface area contributed by atoms with E-state index >= 15 is 0 Å². The summed E-state index contributed by atoms with van der Waals surface area (Å²) < 4.78 is 0. The van der Waals surface area contributed by atoms with E-state index in [-0.39, 0.29) is 12.1 Å². The Hall–Kier alpha value is -2.81. The SMILES string of the molecule is O=C1c2ccccc2NC(c2ccc3ccccc3c2)N1C1CC1. The zero-order chi connectivity index (χ0) is 16.1. The molecule has 3 nitrogen and oxygen atoms in total. The van der Waals surface area contributed by atoms with E-state index in [4.69, 9.17) is 0 Å². The fourth-order valence-electron chi connectivity index (χ4n) is 3.62. The third-order valence-corrected chi connectivity index (χ3v) is 4.99. The molecule has 1 fully saturated rings. The zero-order valence-electron chi connectivity index (χ0n) is 13.3. The van der Waals surface area contributed by atoms with Crippen molar-refractivity contribution < 1.29 is 4.79 Å². The van der Waals surface area contributed by atoms with Crippen molar-refractivity contribution in [3.63, 3.8) is 0 Å². The van der Waals surface area contributed by atoms with E-state index in [9.17, 15) is 4.79 Å². The molecule has 1 heterocycles. The second-order valence-corrected chi connectivity index (χ2v) is 6.64. The Labute approximate surface area is 140 Å². The highest BCUT2D eigenvalue weighted by Gasteiger charge is 2.41. The number of nitrogens with zero attached hydrogens (tertiary/aromatic N) is 1. The summed E-state index contributed by atoms with van der Waals surface area (Å²) in [5.74, 6) is 0.144. The molecule has 118 valence electrons. The molecule has 1 N–H and O–H groups in total. The minimum absolute atomic E-state index is 0.0930. The Morgan fingerprint density at radius 3 is 2.46 bits per heavy atom. The number of nitrogens with one attached hydrogen (secondary N) is 1. The van der Waals surface area contributed by atoms with Crippen LogP contribution >= 0.6 is 0 Å². The summed E-state index contributed by atoms with van der Waals surface area (Å²) in [5.41, 5.74) is 2.85. The minimum Gasteiger partial charge on any atom is -0.361 e. The third kappa shape index (κ3) is 2.08. The molecule has 1 atom stereocenters. The first-order valence-electron chi connectivity index (χ1n) is 8.48. The average molecular weight is 314 g/mol. The van der Waals surface area contributed by atoms with Crippen LogP contribution in [-0.2, 0) is 0 Å². The van der Waals surface area contributed by atoms with Gasteiger partial charge in [0.15, 0.2) is 0 Å². The average Bonchev–Trinajstić information content (AvgIpc) is 3.46.